The zero-order chi connectivity index (χ0) is 19.5. The molecular formula is C22H28N2O2. The molecule has 0 unspecified atom stereocenters. The number of hydrogen-bond acceptors (Lipinski definition) is 3. The number of nitrogens with one attached hydrogen (secondary N) is 2. The molecule has 0 fully saturated rings. The normalized spacial score (nSPS) is 11.8. The van der Waals surface area contributed by atoms with E-state index in [0.29, 0.717) is 11.1 Å². The number of carbonyl (C=O) groups is 2. The summed E-state index contributed by atoms with van der Waals surface area (Å²) in [6.07, 6.45) is 0. The molecule has 0 saturated heterocycles. The molecule has 0 bridgehead atoms. The highest BCUT2D eigenvalue weighted by molar-refractivity contribution is 6.05. The van der Waals surface area contributed by atoms with Gasteiger partial charge in [-0.1, -0.05) is 32.9 Å². The summed E-state index contributed by atoms with van der Waals surface area (Å²) >= 11 is 0. The van der Waals surface area contributed by atoms with Gasteiger partial charge in [-0.25, -0.2) is 0 Å². The second-order valence-corrected chi connectivity index (χ2v) is 8.56. The summed E-state index contributed by atoms with van der Waals surface area (Å²) in [5, 5.41) is 6.25. The summed E-state index contributed by atoms with van der Waals surface area (Å²) < 4.78 is 0. The number of anilines is 2. The van der Waals surface area contributed by atoms with E-state index in [-0.39, 0.29) is 17.2 Å². The molecule has 2 aromatic carbocycles. The lowest BCUT2D eigenvalue weighted by Crippen LogP contribution is -2.25. The Balaban J connectivity index is 2.05. The van der Waals surface area contributed by atoms with Gasteiger partial charge in [0.15, 0.2) is 5.78 Å². The Labute approximate surface area is 156 Å². The van der Waals surface area contributed by atoms with E-state index < -0.39 is 5.41 Å². The number of ketones is 1. The van der Waals surface area contributed by atoms with Crippen LogP contribution < -0.4 is 10.6 Å². The fourth-order valence-corrected chi connectivity index (χ4v) is 2.48. The van der Waals surface area contributed by atoms with E-state index in [9.17, 15) is 9.59 Å². The number of benzene rings is 2. The fourth-order valence-electron chi connectivity index (χ4n) is 2.48. The summed E-state index contributed by atoms with van der Waals surface area (Å²) in [5.74, 6) is -0.136. The standard InChI is InChI=1S/C22H28N2O2/c1-21(2,3)19(25)15-7-9-16(10-8-15)20(26)23-17-11-13-18(14-12-17)24-22(4,5)6/h7-14,24H,1-6H3,(H,23,26). The van der Waals surface area contributed by atoms with Gasteiger partial charge in [0.2, 0.25) is 0 Å². The summed E-state index contributed by atoms with van der Waals surface area (Å²) in [6.45, 7) is 11.9. The third-order valence-electron chi connectivity index (χ3n) is 3.75. The molecule has 0 aliphatic rings. The maximum Gasteiger partial charge on any atom is 0.255 e. The van der Waals surface area contributed by atoms with Crippen LogP contribution in [0.4, 0.5) is 11.4 Å². The van der Waals surface area contributed by atoms with E-state index in [2.05, 4.69) is 31.4 Å². The minimum Gasteiger partial charge on any atom is -0.380 e. The molecule has 4 heteroatoms. The largest absolute Gasteiger partial charge is 0.380 e. The number of carbonyl (C=O) groups excluding carboxylic acids is 2. The van der Waals surface area contributed by atoms with E-state index in [0.717, 1.165) is 11.4 Å². The Kier molecular flexibility index (Phi) is 5.55. The van der Waals surface area contributed by atoms with Gasteiger partial charge in [-0.15, -0.1) is 0 Å². The van der Waals surface area contributed by atoms with Gasteiger partial charge in [-0.3, -0.25) is 9.59 Å². The first-order valence-electron chi connectivity index (χ1n) is 8.80. The van der Waals surface area contributed by atoms with Crippen LogP contribution in [-0.4, -0.2) is 17.2 Å². The minimum absolute atomic E-state index is 0.0169. The summed E-state index contributed by atoms with van der Waals surface area (Å²) in [4.78, 5) is 24.7. The van der Waals surface area contributed by atoms with Crippen LogP contribution in [0, 0.1) is 5.41 Å². The van der Waals surface area contributed by atoms with Crippen molar-refractivity contribution >= 4 is 23.1 Å². The van der Waals surface area contributed by atoms with Crippen LogP contribution >= 0.6 is 0 Å². The Morgan fingerprint density at radius 1 is 0.692 bits per heavy atom. The van der Waals surface area contributed by atoms with Gasteiger partial charge in [0.05, 0.1) is 0 Å². The predicted molar refractivity (Wildman–Crippen MR) is 108 cm³/mol. The van der Waals surface area contributed by atoms with E-state index in [1.165, 1.54) is 0 Å². The number of hydrogen-bond donors (Lipinski definition) is 2. The molecule has 0 aromatic heterocycles. The van der Waals surface area contributed by atoms with E-state index >= 15 is 0 Å². The van der Waals surface area contributed by atoms with E-state index in [4.69, 9.17) is 0 Å². The summed E-state index contributed by atoms with van der Waals surface area (Å²) in [5.41, 5.74) is 2.41. The topological polar surface area (TPSA) is 58.2 Å². The maximum absolute atomic E-state index is 12.4. The molecule has 1 amide bonds. The Morgan fingerprint density at radius 2 is 1.15 bits per heavy atom. The summed E-state index contributed by atoms with van der Waals surface area (Å²) in [6, 6.07) is 14.4. The van der Waals surface area contributed by atoms with Crippen LogP contribution in [0.5, 0.6) is 0 Å². The molecule has 2 rings (SSSR count). The lowest BCUT2D eigenvalue weighted by Gasteiger charge is -2.22. The molecule has 0 aliphatic carbocycles. The summed E-state index contributed by atoms with van der Waals surface area (Å²) in [7, 11) is 0. The van der Waals surface area contributed by atoms with Crippen molar-refractivity contribution in [3.63, 3.8) is 0 Å². The smallest absolute Gasteiger partial charge is 0.255 e. The SMILES string of the molecule is CC(C)(C)Nc1ccc(NC(=O)c2ccc(C(=O)C(C)(C)C)cc2)cc1. The second kappa shape index (κ2) is 7.32. The average molecular weight is 352 g/mol. The molecule has 0 saturated carbocycles. The molecule has 0 aliphatic heterocycles. The predicted octanol–water partition coefficient (Wildman–Crippen LogP) is 5.38. The zero-order valence-electron chi connectivity index (χ0n) is 16.4. The minimum atomic E-state index is -0.438. The van der Waals surface area contributed by atoms with Crippen molar-refractivity contribution in [1.82, 2.24) is 0 Å². The van der Waals surface area contributed by atoms with E-state index in [1.54, 1.807) is 24.3 Å². The van der Waals surface area contributed by atoms with Gasteiger partial charge in [-0.05, 0) is 57.2 Å². The second-order valence-electron chi connectivity index (χ2n) is 8.56. The number of rotatable bonds is 4. The molecular weight excluding hydrogens is 324 g/mol. The molecule has 2 aromatic rings. The molecule has 138 valence electrons. The Hall–Kier alpha value is -2.62. The first kappa shape index (κ1) is 19.7. The third-order valence-corrected chi connectivity index (χ3v) is 3.75. The van der Waals surface area contributed by atoms with Crippen LogP contribution in [-0.2, 0) is 0 Å². The van der Waals surface area contributed by atoms with Gasteiger partial charge >= 0.3 is 0 Å². The fraction of sp³-hybridized carbons (Fsp3) is 0.364. The zero-order valence-corrected chi connectivity index (χ0v) is 16.4. The highest BCUT2D eigenvalue weighted by Gasteiger charge is 2.22. The molecule has 2 N–H and O–H groups in total. The highest BCUT2D eigenvalue weighted by atomic mass is 16.1. The first-order chi connectivity index (χ1) is 12.0. The van der Waals surface area contributed by atoms with Crippen molar-refractivity contribution in [2.24, 2.45) is 5.41 Å². The van der Waals surface area contributed by atoms with Crippen LogP contribution in [0.15, 0.2) is 48.5 Å². The molecule has 0 heterocycles. The van der Waals surface area contributed by atoms with Gasteiger partial charge in [-0.2, -0.15) is 0 Å². The van der Waals surface area contributed by atoms with Crippen molar-refractivity contribution in [2.75, 3.05) is 10.6 Å². The van der Waals surface area contributed by atoms with Crippen molar-refractivity contribution in [2.45, 2.75) is 47.1 Å². The Morgan fingerprint density at radius 3 is 1.62 bits per heavy atom. The molecule has 0 spiro atoms. The monoisotopic (exact) mass is 352 g/mol. The highest BCUT2D eigenvalue weighted by Crippen LogP contribution is 2.22. The first-order valence-corrected chi connectivity index (χ1v) is 8.80. The van der Waals surface area contributed by atoms with Gasteiger partial charge in [0.1, 0.15) is 0 Å². The molecule has 0 radical (unpaired) electrons. The van der Waals surface area contributed by atoms with Crippen molar-refractivity contribution < 1.29 is 9.59 Å². The van der Waals surface area contributed by atoms with Gasteiger partial charge in [0, 0.05) is 33.5 Å². The van der Waals surface area contributed by atoms with Crippen molar-refractivity contribution in [1.29, 1.82) is 0 Å². The van der Waals surface area contributed by atoms with Crippen molar-refractivity contribution in [3.05, 3.63) is 59.7 Å². The molecule has 0 atom stereocenters. The molecule has 26 heavy (non-hydrogen) atoms. The van der Waals surface area contributed by atoms with Crippen LogP contribution in [0.1, 0.15) is 62.3 Å². The number of Topliss-reactive ketones (excluding diaryl/α,β-unsaturated/α-hetero) is 1. The van der Waals surface area contributed by atoms with Gasteiger partial charge < -0.3 is 10.6 Å². The maximum atomic E-state index is 12.4. The van der Waals surface area contributed by atoms with E-state index in [1.807, 2.05) is 45.0 Å². The average Bonchev–Trinajstić information content (AvgIpc) is 2.54. The third kappa shape index (κ3) is 5.45. The van der Waals surface area contributed by atoms with Gasteiger partial charge in [0.25, 0.3) is 5.91 Å². The van der Waals surface area contributed by atoms with Crippen LogP contribution in [0.3, 0.4) is 0 Å². The molecule has 4 nitrogen and oxygen atoms in total. The van der Waals surface area contributed by atoms with Crippen LogP contribution in [0.25, 0.3) is 0 Å². The van der Waals surface area contributed by atoms with Crippen LogP contribution in [0.2, 0.25) is 0 Å². The quantitative estimate of drug-likeness (QED) is 0.727. The lowest BCUT2D eigenvalue weighted by atomic mass is 9.86. The van der Waals surface area contributed by atoms with Crippen molar-refractivity contribution in [3.8, 4) is 0 Å². The number of amides is 1. The Bertz CT molecular complexity index is 777. The lowest BCUT2D eigenvalue weighted by molar-refractivity contribution is 0.0857.